The highest BCUT2D eigenvalue weighted by atomic mass is 35.5. The Balaban J connectivity index is 1.36. The summed E-state index contributed by atoms with van der Waals surface area (Å²) in [5, 5.41) is 0.542. The molecule has 10 heteroatoms. The van der Waals surface area contributed by atoms with E-state index in [0.29, 0.717) is 42.3 Å². The zero-order valence-electron chi connectivity index (χ0n) is 18.9. The lowest BCUT2D eigenvalue weighted by Crippen LogP contribution is -2.52. The number of nitrogens with one attached hydrogen (secondary N) is 1. The van der Waals surface area contributed by atoms with Crippen molar-refractivity contribution in [2.75, 3.05) is 26.2 Å². The van der Waals surface area contributed by atoms with Crippen molar-refractivity contribution < 1.29 is 14.0 Å². The van der Waals surface area contributed by atoms with Crippen LogP contribution in [0.1, 0.15) is 35.2 Å². The standard InChI is InChI=1S/C25H24ClFN4O4/c26-18-5-7-21-19(13-18)22(32)28-25(35)31(21)14-17-12-16(4-6-20(17)27)24(34)30-10-8-29(9-11-30)23(33)15-2-1-3-15/h4-7,12-13,15H,1-3,8-11,14H2,(H,28,32,35). The molecule has 35 heavy (non-hydrogen) atoms. The summed E-state index contributed by atoms with van der Waals surface area (Å²) in [6.07, 6.45) is 2.98. The Kier molecular flexibility index (Phi) is 6.19. The Morgan fingerprint density at radius 1 is 1.00 bits per heavy atom. The number of aromatic nitrogens is 2. The van der Waals surface area contributed by atoms with Gasteiger partial charge in [0.2, 0.25) is 5.91 Å². The zero-order chi connectivity index (χ0) is 24.7. The minimum absolute atomic E-state index is 0.125. The van der Waals surface area contributed by atoms with E-state index in [4.69, 9.17) is 11.6 Å². The molecule has 1 saturated heterocycles. The minimum atomic E-state index is -0.687. The molecule has 2 fully saturated rings. The molecule has 2 heterocycles. The summed E-state index contributed by atoms with van der Waals surface area (Å²) in [6.45, 7) is 1.61. The lowest BCUT2D eigenvalue weighted by Gasteiger charge is -2.38. The first-order valence-electron chi connectivity index (χ1n) is 11.6. The normalized spacial score (nSPS) is 16.4. The molecule has 1 aliphatic heterocycles. The Hall–Kier alpha value is -3.46. The predicted octanol–water partition coefficient (Wildman–Crippen LogP) is 2.62. The number of benzene rings is 2. The van der Waals surface area contributed by atoms with Crippen molar-refractivity contribution in [3.8, 4) is 0 Å². The second-order valence-corrected chi connectivity index (χ2v) is 9.49. The lowest BCUT2D eigenvalue weighted by molar-refractivity contribution is -0.139. The largest absolute Gasteiger partial charge is 0.339 e. The van der Waals surface area contributed by atoms with Crippen molar-refractivity contribution in [2.24, 2.45) is 5.92 Å². The highest BCUT2D eigenvalue weighted by molar-refractivity contribution is 6.31. The van der Waals surface area contributed by atoms with Crippen LogP contribution >= 0.6 is 11.6 Å². The highest BCUT2D eigenvalue weighted by Crippen LogP contribution is 2.28. The van der Waals surface area contributed by atoms with Crippen molar-refractivity contribution in [1.29, 1.82) is 0 Å². The molecule has 1 aromatic heterocycles. The van der Waals surface area contributed by atoms with Crippen LogP contribution in [0.25, 0.3) is 10.9 Å². The summed E-state index contributed by atoms with van der Waals surface area (Å²) in [7, 11) is 0. The van der Waals surface area contributed by atoms with Gasteiger partial charge in [-0.2, -0.15) is 0 Å². The van der Waals surface area contributed by atoms with Gasteiger partial charge >= 0.3 is 5.69 Å². The van der Waals surface area contributed by atoms with E-state index in [-0.39, 0.29) is 35.2 Å². The summed E-state index contributed by atoms with van der Waals surface area (Å²) >= 11 is 5.99. The summed E-state index contributed by atoms with van der Waals surface area (Å²) in [5.41, 5.74) is -0.521. The SMILES string of the molecule is O=C(c1ccc(F)c(Cn2c(=O)[nH]c(=O)c3cc(Cl)ccc32)c1)N1CCN(C(=O)C2CCC2)CC1. The maximum absolute atomic E-state index is 14.7. The van der Waals surface area contributed by atoms with E-state index < -0.39 is 17.1 Å². The van der Waals surface area contributed by atoms with E-state index in [2.05, 4.69) is 4.98 Å². The molecule has 2 aromatic carbocycles. The Bertz CT molecular complexity index is 1440. The molecule has 182 valence electrons. The fourth-order valence-corrected chi connectivity index (χ4v) is 4.82. The lowest BCUT2D eigenvalue weighted by atomic mass is 9.84. The average molecular weight is 499 g/mol. The van der Waals surface area contributed by atoms with Gasteiger partial charge in [-0.1, -0.05) is 18.0 Å². The molecule has 0 unspecified atom stereocenters. The van der Waals surface area contributed by atoms with Gasteiger partial charge in [-0.25, -0.2) is 9.18 Å². The maximum atomic E-state index is 14.7. The summed E-state index contributed by atoms with van der Waals surface area (Å²) < 4.78 is 16.0. The van der Waals surface area contributed by atoms with Crippen LogP contribution in [0, 0.1) is 11.7 Å². The van der Waals surface area contributed by atoms with Gasteiger partial charge < -0.3 is 9.80 Å². The molecule has 0 atom stereocenters. The first kappa shape index (κ1) is 23.3. The second-order valence-electron chi connectivity index (χ2n) is 9.06. The number of carbonyl (C=O) groups is 2. The molecule has 3 aromatic rings. The van der Waals surface area contributed by atoms with Gasteiger partial charge in [0.15, 0.2) is 0 Å². The molecule has 0 radical (unpaired) electrons. The fourth-order valence-electron chi connectivity index (χ4n) is 4.65. The number of H-pyrrole nitrogens is 1. The van der Waals surface area contributed by atoms with Crippen molar-refractivity contribution >= 4 is 34.3 Å². The van der Waals surface area contributed by atoms with Gasteiger partial charge in [0.05, 0.1) is 17.4 Å². The zero-order valence-corrected chi connectivity index (χ0v) is 19.7. The van der Waals surface area contributed by atoms with Gasteiger partial charge in [0, 0.05) is 48.2 Å². The number of piperazine rings is 1. The number of hydrogen-bond acceptors (Lipinski definition) is 4. The molecule has 8 nitrogen and oxygen atoms in total. The fraction of sp³-hybridized carbons (Fsp3) is 0.360. The number of aromatic amines is 1. The van der Waals surface area contributed by atoms with E-state index in [1.165, 1.54) is 34.9 Å². The molecule has 2 aliphatic rings. The topological polar surface area (TPSA) is 95.5 Å². The number of carbonyl (C=O) groups excluding carboxylic acids is 2. The predicted molar refractivity (Wildman–Crippen MR) is 129 cm³/mol. The average Bonchev–Trinajstić information content (AvgIpc) is 2.81. The summed E-state index contributed by atoms with van der Waals surface area (Å²) in [5.74, 6) is -0.530. The van der Waals surface area contributed by atoms with Crippen molar-refractivity contribution in [2.45, 2.75) is 25.8 Å². The molecule has 1 N–H and O–H groups in total. The number of hydrogen-bond donors (Lipinski definition) is 1. The van der Waals surface area contributed by atoms with Crippen LogP contribution < -0.4 is 11.2 Å². The Morgan fingerprint density at radius 3 is 2.40 bits per heavy atom. The van der Waals surface area contributed by atoms with E-state index >= 15 is 0 Å². The number of amides is 2. The third-order valence-electron chi connectivity index (χ3n) is 6.91. The molecule has 5 rings (SSSR count). The maximum Gasteiger partial charge on any atom is 0.329 e. The van der Waals surface area contributed by atoms with Crippen LogP contribution in [0.5, 0.6) is 0 Å². The second kappa shape index (κ2) is 9.30. The number of halogens is 2. The Morgan fingerprint density at radius 2 is 1.71 bits per heavy atom. The van der Waals surface area contributed by atoms with Gasteiger partial charge in [0.1, 0.15) is 5.82 Å². The minimum Gasteiger partial charge on any atom is -0.339 e. The first-order valence-corrected chi connectivity index (χ1v) is 12.0. The quantitative estimate of drug-likeness (QED) is 0.598. The molecular formula is C25H24ClFN4O4. The van der Waals surface area contributed by atoms with Crippen LogP contribution in [0.3, 0.4) is 0 Å². The van der Waals surface area contributed by atoms with Crippen molar-refractivity contribution in [3.05, 3.63) is 79.2 Å². The number of fused-ring (bicyclic) bond motifs is 1. The van der Waals surface area contributed by atoms with Crippen molar-refractivity contribution in [1.82, 2.24) is 19.4 Å². The van der Waals surface area contributed by atoms with Crippen LogP contribution in [0.2, 0.25) is 5.02 Å². The van der Waals surface area contributed by atoms with Gasteiger partial charge in [0.25, 0.3) is 11.5 Å². The summed E-state index contributed by atoms with van der Waals surface area (Å²) in [4.78, 5) is 56.0. The van der Waals surface area contributed by atoms with E-state index in [1.807, 2.05) is 4.90 Å². The third kappa shape index (κ3) is 4.48. The molecule has 1 saturated carbocycles. The monoisotopic (exact) mass is 498 g/mol. The highest BCUT2D eigenvalue weighted by Gasteiger charge is 2.32. The molecule has 0 spiro atoms. The number of rotatable bonds is 4. The van der Waals surface area contributed by atoms with Crippen LogP contribution in [-0.2, 0) is 11.3 Å². The molecule has 0 bridgehead atoms. The molecular weight excluding hydrogens is 475 g/mol. The van der Waals surface area contributed by atoms with E-state index in [9.17, 15) is 23.6 Å². The van der Waals surface area contributed by atoms with Crippen LogP contribution in [0.15, 0.2) is 46.0 Å². The van der Waals surface area contributed by atoms with Crippen LogP contribution in [0.4, 0.5) is 4.39 Å². The number of nitrogens with zero attached hydrogens (tertiary/aromatic N) is 3. The first-order chi connectivity index (χ1) is 16.8. The van der Waals surface area contributed by atoms with Crippen LogP contribution in [-0.4, -0.2) is 57.3 Å². The van der Waals surface area contributed by atoms with Crippen molar-refractivity contribution in [3.63, 3.8) is 0 Å². The van der Waals surface area contributed by atoms with Gasteiger partial charge in [-0.15, -0.1) is 0 Å². The smallest absolute Gasteiger partial charge is 0.329 e. The van der Waals surface area contributed by atoms with Gasteiger partial charge in [-0.3, -0.25) is 23.9 Å². The molecule has 1 aliphatic carbocycles. The third-order valence-corrected chi connectivity index (χ3v) is 7.15. The van der Waals surface area contributed by atoms with E-state index in [0.717, 1.165) is 19.3 Å². The molecule has 2 amide bonds. The summed E-state index contributed by atoms with van der Waals surface area (Å²) in [6, 6.07) is 8.58. The van der Waals surface area contributed by atoms with Gasteiger partial charge in [-0.05, 0) is 49.2 Å². The Labute approximate surface area is 204 Å². The van der Waals surface area contributed by atoms with E-state index in [1.54, 1.807) is 11.0 Å².